The van der Waals surface area contributed by atoms with Gasteiger partial charge in [-0.05, 0) is 30.2 Å². The number of aromatic nitrogens is 1. The number of thiazole rings is 1. The van der Waals surface area contributed by atoms with Gasteiger partial charge in [0.15, 0.2) is 9.84 Å². The molecule has 2 aromatic carbocycles. The molecule has 1 saturated heterocycles. The van der Waals surface area contributed by atoms with E-state index in [1.54, 1.807) is 13.0 Å². The third-order valence-electron chi connectivity index (χ3n) is 7.10. The van der Waals surface area contributed by atoms with Crippen molar-refractivity contribution >= 4 is 60.7 Å². The van der Waals surface area contributed by atoms with Crippen molar-refractivity contribution < 1.29 is 22.8 Å². The Hall–Kier alpha value is -3.32. The molecule has 0 radical (unpaired) electrons. The average molecular weight is 646 g/mol. The van der Waals surface area contributed by atoms with E-state index < -0.39 is 21.9 Å². The van der Waals surface area contributed by atoms with Gasteiger partial charge in [0.25, 0.3) is 0 Å². The quantitative estimate of drug-likeness (QED) is 0.243. The van der Waals surface area contributed by atoms with Crippen molar-refractivity contribution in [3.63, 3.8) is 0 Å². The Kier molecular flexibility index (Phi) is 11.3. The van der Waals surface area contributed by atoms with Crippen molar-refractivity contribution in [2.45, 2.75) is 38.3 Å². The molecule has 4 rings (SSSR count). The summed E-state index contributed by atoms with van der Waals surface area (Å²) in [6.45, 7) is 6.71. The average Bonchev–Trinajstić information content (AvgIpc) is 3.38. The number of halogens is 1. The third-order valence-corrected chi connectivity index (χ3v) is 9.98. The summed E-state index contributed by atoms with van der Waals surface area (Å²) in [5.74, 6) is -0.896. The molecule has 230 valence electrons. The van der Waals surface area contributed by atoms with Crippen molar-refractivity contribution in [3.05, 3.63) is 76.3 Å². The van der Waals surface area contributed by atoms with Crippen molar-refractivity contribution in [2.75, 3.05) is 37.7 Å². The monoisotopic (exact) mass is 645 g/mol. The molecule has 2 heterocycles. The first-order chi connectivity index (χ1) is 20.5. The number of sulfone groups is 1. The Morgan fingerprint density at radius 3 is 2.49 bits per heavy atom. The third kappa shape index (κ3) is 9.85. The van der Waals surface area contributed by atoms with Crippen LogP contribution in [0.15, 0.2) is 60.7 Å². The molecule has 3 amide bonds. The lowest BCUT2D eigenvalue weighted by Crippen LogP contribution is -2.53. The van der Waals surface area contributed by atoms with E-state index in [1.807, 2.05) is 47.4 Å². The summed E-state index contributed by atoms with van der Waals surface area (Å²) >= 11 is 7.54. The van der Waals surface area contributed by atoms with Crippen molar-refractivity contribution in [1.29, 1.82) is 0 Å². The second-order valence-corrected chi connectivity index (χ2v) is 14.4. The molecule has 1 fully saturated rings. The second-order valence-electron chi connectivity index (χ2n) is 10.5. The number of benzene rings is 2. The van der Waals surface area contributed by atoms with E-state index in [0.29, 0.717) is 35.1 Å². The molecule has 0 saturated carbocycles. The number of rotatable bonds is 13. The van der Waals surface area contributed by atoms with Gasteiger partial charge < -0.3 is 16.0 Å². The fraction of sp³-hybridized carbons (Fsp3) is 0.400. The van der Waals surface area contributed by atoms with Gasteiger partial charge in [-0.15, -0.1) is 11.3 Å². The van der Waals surface area contributed by atoms with Crippen LogP contribution in [0.3, 0.4) is 0 Å². The van der Waals surface area contributed by atoms with E-state index >= 15 is 0 Å². The summed E-state index contributed by atoms with van der Waals surface area (Å²) in [6.07, 6.45) is 0.854. The summed E-state index contributed by atoms with van der Waals surface area (Å²) in [5, 5.41) is 9.98. The lowest BCUT2D eigenvalue weighted by molar-refractivity contribution is -0.129. The van der Waals surface area contributed by atoms with Crippen LogP contribution < -0.4 is 16.0 Å². The number of nitrogens with one attached hydrogen (secondary N) is 3. The van der Waals surface area contributed by atoms with Crippen LogP contribution in [-0.4, -0.2) is 85.8 Å². The Morgan fingerprint density at radius 2 is 1.79 bits per heavy atom. The largest absolute Gasteiger partial charge is 0.350 e. The van der Waals surface area contributed by atoms with E-state index in [0.717, 1.165) is 15.8 Å². The standard InChI is InChI=1S/C30H36ClN5O5S2/c1-3-27(37)34-25(17-28-35-24-10-9-22(31)16-26(24)42-28)30(39)33-23(15-21-7-5-4-6-8-21)18-32-29(38)20(2)19-36-11-13-43(40,41)14-12-36/h4-10,16,23,25H,2-3,11-15,17-19H2,1H3,(H,32,38)(H,33,39)(H,34,37)/t23-,25-/m0/s1. The zero-order valence-electron chi connectivity index (χ0n) is 24.0. The zero-order valence-corrected chi connectivity index (χ0v) is 26.4. The van der Waals surface area contributed by atoms with Crippen LogP contribution in [-0.2, 0) is 37.1 Å². The number of fused-ring (bicyclic) bond motifs is 1. The van der Waals surface area contributed by atoms with E-state index in [1.165, 1.54) is 11.3 Å². The number of hydrogen-bond donors (Lipinski definition) is 3. The van der Waals surface area contributed by atoms with E-state index in [4.69, 9.17) is 11.6 Å². The zero-order chi connectivity index (χ0) is 31.0. The Bertz CT molecular complexity index is 1560. The smallest absolute Gasteiger partial charge is 0.247 e. The fourth-order valence-corrected chi connectivity index (χ4v) is 7.25. The molecule has 1 aliphatic rings. The maximum atomic E-state index is 13.6. The molecule has 3 aromatic rings. The predicted molar refractivity (Wildman–Crippen MR) is 170 cm³/mol. The normalized spacial score (nSPS) is 16.2. The second kappa shape index (κ2) is 14.9. The highest BCUT2D eigenvalue weighted by Crippen LogP contribution is 2.26. The molecular weight excluding hydrogens is 610 g/mol. The van der Waals surface area contributed by atoms with Crippen molar-refractivity contribution in [3.8, 4) is 0 Å². The molecule has 3 N–H and O–H groups in total. The van der Waals surface area contributed by atoms with E-state index in [2.05, 4.69) is 27.5 Å². The molecule has 10 nitrogen and oxygen atoms in total. The summed E-state index contributed by atoms with van der Waals surface area (Å²) < 4.78 is 24.3. The number of hydrogen-bond acceptors (Lipinski definition) is 8. The highest BCUT2D eigenvalue weighted by molar-refractivity contribution is 7.91. The van der Waals surface area contributed by atoms with Gasteiger partial charge in [0.1, 0.15) is 6.04 Å². The van der Waals surface area contributed by atoms with E-state index in [-0.39, 0.29) is 55.2 Å². The molecule has 1 aromatic heterocycles. The van der Waals surface area contributed by atoms with Gasteiger partial charge in [0.05, 0.1) is 32.8 Å². The fourth-order valence-electron chi connectivity index (χ4n) is 4.68. The maximum absolute atomic E-state index is 13.6. The maximum Gasteiger partial charge on any atom is 0.247 e. The van der Waals surface area contributed by atoms with Crippen LogP contribution in [0.2, 0.25) is 5.02 Å². The minimum atomic E-state index is -3.03. The minimum absolute atomic E-state index is 0.0631. The minimum Gasteiger partial charge on any atom is -0.350 e. The first-order valence-corrected chi connectivity index (χ1v) is 17.1. The Balaban J connectivity index is 1.43. The summed E-state index contributed by atoms with van der Waals surface area (Å²) in [6, 6.07) is 13.6. The topological polar surface area (TPSA) is 138 Å². The lowest BCUT2D eigenvalue weighted by atomic mass is 10.0. The molecule has 1 aliphatic heterocycles. The van der Waals surface area contributed by atoms with Gasteiger partial charge in [-0.25, -0.2) is 13.4 Å². The number of amides is 3. The SMILES string of the molecule is C=C(CN1CCS(=O)(=O)CC1)C(=O)NC[C@H](Cc1ccccc1)NC(=O)[C@H](Cc1nc2ccc(Cl)cc2s1)NC(=O)CC. The van der Waals surface area contributed by atoms with Gasteiger partial charge in [0.2, 0.25) is 17.7 Å². The number of nitrogens with zero attached hydrogens (tertiary/aromatic N) is 2. The first kappa shape index (κ1) is 32.6. The van der Waals surface area contributed by atoms with Crippen LogP contribution in [0.4, 0.5) is 0 Å². The van der Waals surface area contributed by atoms with Gasteiger partial charge in [-0.1, -0.05) is 55.4 Å². The summed E-state index contributed by atoms with van der Waals surface area (Å²) in [4.78, 5) is 45.4. The van der Waals surface area contributed by atoms with Gasteiger partial charge in [-0.3, -0.25) is 19.3 Å². The van der Waals surface area contributed by atoms with E-state index in [9.17, 15) is 22.8 Å². The number of carbonyl (C=O) groups excluding carboxylic acids is 3. The van der Waals surface area contributed by atoms with Crippen LogP contribution >= 0.6 is 22.9 Å². The van der Waals surface area contributed by atoms with Crippen molar-refractivity contribution in [1.82, 2.24) is 25.8 Å². The molecule has 43 heavy (non-hydrogen) atoms. The van der Waals surface area contributed by atoms with Crippen molar-refractivity contribution in [2.24, 2.45) is 0 Å². The van der Waals surface area contributed by atoms with Crippen LogP contribution in [0, 0.1) is 0 Å². The highest BCUT2D eigenvalue weighted by Gasteiger charge is 2.26. The van der Waals surface area contributed by atoms with Gasteiger partial charge >= 0.3 is 0 Å². The van der Waals surface area contributed by atoms with Crippen LogP contribution in [0.1, 0.15) is 23.9 Å². The van der Waals surface area contributed by atoms with Crippen LogP contribution in [0.25, 0.3) is 10.2 Å². The first-order valence-electron chi connectivity index (χ1n) is 14.1. The summed E-state index contributed by atoms with van der Waals surface area (Å²) in [7, 11) is -3.03. The summed E-state index contributed by atoms with van der Waals surface area (Å²) in [5.41, 5.74) is 2.04. The molecule has 0 bridgehead atoms. The van der Waals surface area contributed by atoms with Gasteiger partial charge in [-0.2, -0.15) is 0 Å². The number of carbonyl (C=O) groups is 3. The molecule has 2 atom stereocenters. The predicted octanol–water partition coefficient (Wildman–Crippen LogP) is 2.52. The highest BCUT2D eigenvalue weighted by atomic mass is 35.5. The molecule has 0 spiro atoms. The molecular formula is C30H36ClN5O5S2. The molecule has 0 aliphatic carbocycles. The Labute approximate surface area is 260 Å². The van der Waals surface area contributed by atoms with Crippen LogP contribution in [0.5, 0.6) is 0 Å². The molecule has 0 unspecified atom stereocenters. The molecule has 13 heteroatoms. The Morgan fingerprint density at radius 1 is 1.07 bits per heavy atom. The lowest BCUT2D eigenvalue weighted by Gasteiger charge is -2.27. The van der Waals surface area contributed by atoms with Gasteiger partial charge in [0, 0.05) is 49.6 Å².